The highest BCUT2D eigenvalue weighted by Gasteiger charge is 2.39. The molecule has 6 heteroatoms. The molecule has 0 bridgehead atoms. The molecule has 1 aromatic carbocycles. The Kier molecular flexibility index (Phi) is 9.50. The van der Waals surface area contributed by atoms with Crippen LogP contribution in [0.3, 0.4) is 0 Å². The third-order valence-corrected chi connectivity index (χ3v) is 6.78. The molecule has 1 rings (SSSR count). The Bertz CT molecular complexity index is 519. The summed E-state index contributed by atoms with van der Waals surface area (Å²) in [6.07, 6.45) is 1.80. The van der Waals surface area contributed by atoms with Crippen LogP contribution in [-0.2, 0) is 24.4 Å². The number of ether oxygens (including phenoxy) is 1. The van der Waals surface area contributed by atoms with E-state index in [4.69, 9.17) is 18.0 Å². The third kappa shape index (κ3) is 7.99. The summed E-state index contributed by atoms with van der Waals surface area (Å²) in [6.45, 7) is 13.3. The van der Waals surface area contributed by atoms with Gasteiger partial charge in [0.05, 0.1) is 5.56 Å². The SMILES string of the molecule is CCO[Si](CCCc1ccc(C(=O)OC(C)(C)C)cc1)(OCC)OCC. The number of aryl methyl sites for hydroxylation is 1. The molecule has 0 unspecified atom stereocenters. The fourth-order valence-corrected chi connectivity index (χ4v) is 5.27. The van der Waals surface area contributed by atoms with Gasteiger partial charge >= 0.3 is 14.8 Å². The Labute approximate surface area is 159 Å². The van der Waals surface area contributed by atoms with Crippen molar-refractivity contribution in [3.63, 3.8) is 0 Å². The van der Waals surface area contributed by atoms with E-state index in [1.807, 2.05) is 65.8 Å². The van der Waals surface area contributed by atoms with Gasteiger partial charge in [0, 0.05) is 25.9 Å². The number of hydrogen-bond donors (Lipinski definition) is 0. The number of benzene rings is 1. The first-order chi connectivity index (χ1) is 12.2. The second-order valence-corrected chi connectivity index (χ2v) is 9.77. The molecule has 5 nitrogen and oxygen atoms in total. The van der Waals surface area contributed by atoms with E-state index < -0.39 is 14.4 Å². The van der Waals surface area contributed by atoms with E-state index in [1.54, 1.807) is 0 Å². The van der Waals surface area contributed by atoms with Gasteiger partial charge in [-0.15, -0.1) is 0 Å². The molecule has 148 valence electrons. The Morgan fingerprint density at radius 3 is 1.85 bits per heavy atom. The summed E-state index contributed by atoms with van der Waals surface area (Å²) >= 11 is 0. The second kappa shape index (κ2) is 10.8. The minimum absolute atomic E-state index is 0.292. The minimum atomic E-state index is -2.58. The largest absolute Gasteiger partial charge is 0.500 e. The van der Waals surface area contributed by atoms with Crippen molar-refractivity contribution < 1.29 is 22.8 Å². The topological polar surface area (TPSA) is 54.0 Å². The van der Waals surface area contributed by atoms with Gasteiger partial charge in [0.2, 0.25) is 0 Å². The van der Waals surface area contributed by atoms with E-state index in [0.717, 1.165) is 18.9 Å². The molecular weight excluding hydrogens is 348 g/mol. The predicted molar refractivity (Wildman–Crippen MR) is 105 cm³/mol. The van der Waals surface area contributed by atoms with Gasteiger partial charge in [0.15, 0.2) is 0 Å². The lowest BCUT2D eigenvalue weighted by atomic mass is 10.1. The summed E-state index contributed by atoms with van der Waals surface area (Å²) in [5, 5.41) is 0. The van der Waals surface area contributed by atoms with E-state index >= 15 is 0 Å². The monoisotopic (exact) mass is 382 g/mol. The molecule has 0 aromatic heterocycles. The van der Waals surface area contributed by atoms with Crippen molar-refractivity contribution in [1.29, 1.82) is 0 Å². The fourth-order valence-electron chi connectivity index (χ4n) is 2.65. The van der Waals surface area contributed by atoms with Gasteiger partial charge in [-0.3, -0.25) is 0 Å². The molecule has 0 aliphatic rings. The smallest absolute Gasteiger partial charge is 0.456 e. The highest BCUT2D eigenvalue weighted by Crippen LogP contribution is 2.20. The van der Waals surface area contributed by atoms with Crippen LogP contribution in [0, 0.1) is 0 Å². The minimum Gasteiger partial charge on any atom is -0.456 e. The number of hydrogen-bond acceptors (Lipinski definition) is 5. The molecule has 0 spiro atoms. The highest BCUT2D eigenvalue weighted by molar-refractivity contribution is 6.60. The van der Waals surface area contributed by atoms with Crippen molar-refractivity contribution in [3.8, 4) is 0 Å². The molecule has 0 amide bonds. The van der Waals surface area contributed by atoms with Crippen molar-refractivity contribution in [2.75, 3.05) is 19.8 Å². The molecule has 0 radical (unpaired) electrons. The maximum Gasteiger partial charge on any atom is 0.500 e. The van der Waals surface area contributed by atoms with Crippen molar-refractivity contribution in [3.05, 3.63) is 35.4 Å². The Hall–Kier alpha value is -1.21. The van der Waals surface area contributed by atoms with Crippen molar-refractivity contribution in [1.82, 2.24) is 0 Å². The number of esters is 1. The van der Waals surface area contributed by atoms with Crippen LogP contribution in [0.15, 0.2) is 24.3 Å². The maximum atomic E-state index is 12.1. The van der Waals surface area contributed by atoms with E-state index in [0.29, 0.717) is 25.4 Å². The van der Waals surface area contributed by atoms with Crippen molar-refractivity contribution in [2.45, 2.75) is 66.0 Å². The average molecular weight is 383 g/mol. The lowest BCUT2D eigenvalue weighted by Gasteiger charge is -2.28. The zero-order chi connectivity index (χ0) is 19.6. The molecule has 0 fully saturated rings. The standard InChI is InChI=1S/C20H34O5Si/c1-7-22-26(23-8-2,24-9-3)16-10-11-17-12-14-18(15-13-17)19(21)25-20(4,5)6/h12-15H,7-11,16H2,1-6H3. The van der Waals surface area contributed by atoms with Crippen LogP contribution in [0.25, 0.3) is 0 Å². The highest BCUT2D eigenvalue weighted by atomic mass is 28.4. The second-order valence-electron chi connectivity index (χ2n) is 7.03. The first-order valence-corrected chi connectivity index (χ1v) is 11.4. The summed E-state index contributed by atoms with van der Waals surface area (Å²) in [5.74, 6) is -0.292. The summed E-state index contributed by atoms with van der Waals surface area (Å²) in [6, 6.07) is 8.38. The maximum absolute atomic E-state index is 12.1. The van der Waals surface area contributed by atoms with Crippen LogP contribution in [-0.4, -0.2) is 40.2 Å². The quantitative estimate of drug-likeness (QED) is 0.413. The van der Waals surface area contributed by atoms with Crippen molar-refractivity contribution >= 4 is 14.8 Å². The molecule has 0 saturated carbocycles. The van der Waals surface area contributed by atoms with Gasteiger partial charge in [-0.05, 0) is 72.1 Å². The lowest BCUT2D eigenvalue weighted by Crippen LogP contribution is -2.46. The lowest BCUT2D eigenvalue weighted by molar-refractivity contribution is 0.00694. The molecule has 1 aromatic rings. The van der Waals surface area contributed by atoms with E-state index in [2.05, 4.69) is 0 Å². The van der Waals surface area contributed by atoms with Crippen molar-refractivity contribution in [2.24, 2.45) is 0 Å². The summed E-state index contributed by atoms with van der Waals surface area (Å²) in [4.78, 5) is 12.1. The Balaban J connectivity index is 2.62. The zero-order valence-electron chi connectivity index (χ0n) is 17.1. The molecule has 0 aliphatic heterocycles. The molecule has 26 heavy (non-hydrogen) atoms. The third-order valence-electron chi connectivity index (χ3n) is 3.63. The zero-order valence-corrected chi connectivity index (χ0v) is 18.1. The average Bonchev–Trinajstić information content (AvgIpc) is 2.54. The molecule has 0 aliphatic carbocycles. The van der Waals surface area contributed by atoms with Gasteiger partial charge in [-0.1, -0.05) is 12.1 Å². The molecular formula is C20H34O5Si. The van der Waals surface area contributed by atoms with Crippen LogP contribution in [0.4, 0.5) is 0 Å². The number of carbonyl (C=O) groups excluding carboxylic acids is 1. The van der Waals surface area contributed by atoms with Gasteiger partial charge < -0.3 is 18.0 Å². The predicted octanol–water partition coefficient (Wildman–Crippen LogP) is 4.62. The first kappa shape index (κ1) is 22.8. The normalized spacial score (nSPS) is 12.2. The summed E-state index contributed by atoms with van der Waals surface area (Å²) in [5.41, 5.74) is 1.26. The van der Waals surface area contributed by atoms with Crippen LogP contribution in [0.2, 0.25) is 6.04 Å². The molecule has 0 atom stereocenters. The molecule has 0 N–H and O–H groups in total. The Morgan fingerprint density at radius 2 is 1.42 bits per heavy atom. The van der Waals surface area contributed by atoms with Crippen LogP contribution in [0.1, 0.15) is 63.9 Å². The number of carbonyl (C=O) groups is 1. The summed E-state index contributed by atoms with van der Waals surface area (Å²) < 4.78 is 23.0. The fraction of sp³-hybridized carbons (Fsp3) is 0.650. The van der Waals surface area contributed by atoms with E-state index in [9.17, 15) is 4.79 Å². The Morgan fingerprint density at radius 1 is 0.923 bits per heavy atom. The van der Waals surface area contributed by atoms with Crippen LogP contribution >= 0.6 is 0 Å². The summed E-state index contributed by atoms with van der Waals surface area (Å²) in [7, 11) is -2.58. The molecule has 0 heterocycles. The first-order valence-electron chi connectivity index (χ1n) is 9.49. The van der Waals surface area contributed by atoms with Gasteiger partial charge in [-0.25, -0.2) is 4.79 Å². The van der Waals surface area contributed by atoms with E-state index in [1.165, 1.54) is 5.56 Å². The van der Waals surface area contributed by atoms with Gasteiger partial charge in [-0.2, -0.15) is 0 Å². The van der Waals surface area contributed by atoms with Gasteiger partial charge in [0.25, 0.3) is 0 Å². The molecule has 0 saturated heterocycles. The van der Waals surface area contributed by atoms with Crippen LogP contribution in [0.5, 0.6) is 0 Å². The van der Waals surface area contributed by atoms with Gasteiger partial charge in [0.1, 0.15) is 5.60 Å². The van der Waals surface area contributed by atoms with E-state index in [-0.39, 0.29) is 5.97 Å². The van der Waals surface area contributed by atoms with Crippen LogP contribution < -0.4 is 0 Å². The number of rotatable bonds is 11.